The molecule has 2 aromatic rings. The number of amides is 2. The summed E-state index contributed by atoms with van der Waals surface area (Å²) in [5, 5.41) is 14.0. The standard InChI is InChI=1S/C18H19Br2N5O4.ClH/c19-11-6-13(23-16(11)20)18(29)24-12-2-1-9(17(28)22-7-15(26)27)5-14(12)25-4-3-10(21)8-25;/h1-2,5-6,10,23H,3-4,7-8,21H2,(H,22,28)(H,24,29)(H,26,27);1H/t10-;/m1./s1. The van der Waals surface area contributed by atoms with E-state index in [4.69, 9.17) is 5.11 Å². The quantitative estimate of drug-likeness (QED) is 0.288. The van der Waals surface area contributed by atoms with Gasteiger partial charge in [0.25, 0.3) is 11.8 Å². The second kappa shape index (κ2) is 10.3. The van der Waals surface area contributed by atoms with Gasteiger partial charge < -0.3 is 43.8 Å². The average molecular weight is 566 g/mol. The van der Waals surface area contributed by atoms with Crippen molar-refractivity contribution in [2.45, 2.75) is 12.5 Å². The van der Waals surface area contributed by atoms with Gasteiger partial charge in [-0.25, -0.2) is 0 Å². The smallest absolute Gasteiger partial charge is 0.322 e. The van der Waals surface area contributed by atoms with Crippen LogP contribution in [0.3, 0.4) is 0 Å². The van der Waals surface area contributed by atoms with E-state index >= 15 is 0 Å². The lowest BCUT2D eigenvalue weighted by atomic mass is 10.1. The Bertz CT molecular complexity index is 949. The highest BCUT2D eigenvalue weighted by molar-refractivity contribution is 9.13. The number of nitrogens with zero attached hydrogens (tertiary/aromatic N) is 1. The maximum atomic E-state index is 12.6. The van der Waals surface area contributed by atoms with Gasteiger partial charge in [-0.15, -0.1) is 0 Å². The molecule has 7 N–H and O–H groups in total. The average Bonchev–Trinajstić information content (AvgIpc) is 3.25. The van der Waals surface area contributed by atoms with Gasteiger partial charge in [-0.1, -0.05) is 0 Å². The Morgan fingerprint density at radius 1 is 1.23 bits per heavy atom. The van der Waals surface area contributed by atoms with E-state index in [-0.39, 0.29) is 24.4 Å². The summed E-state index contributed by atoms with van der Waals surface area (Å²) >= 11 is 6.65. The Morgan fingerprint density at radius 2 is 1.97 bits per heavy atom. The number of carboxylic acid groups (broad SMARTS) is 1. The highest BCUT2D eigenvalue weighted by atomic mass is 79.9. The second-order valence-electron chi connectivity index (χ2n) is 6.71. The van der Waals surface area contributed by atoms with Crippen molar-refractivity contribution in [3.63, 3.8) is 0 Å². The number of halogens is 3. The Kier molecular flexibility index (Phi) is 8.30. The highest BCUT2D eigenvalue weighted by Gasteiger charge is 2.25. The molecule has 2 heterocycles. The molecular weight excluding hydrogens is 545 g/mol. The molecule has 0 bridgehead atoms. The number of aromatic amines is 1. The zero-order valence-corrected chi connectivity index (χ0v) is 19.6. The molecule has 1 saturated heterocycles. The molecule has 0 radical (unpaired) electrons. The molecule has 1 aliphatic heterocycles. The van der Waals surface area contributed by atoms with Gasteiger partial charge in [0.1, 0.15) is 18.3 Å². The van der Waals surface area contributed by atoms with Crippen LogP contribution in [-0.4, -0.2) is 53.6 Å². The van der Waals surface area contributed by atoms with Crippen LogP contribution >= 0.6 is 31.9 Å². The fourth-order valence-corrected chi connectivity index (χ4v) is 3.72. The van der Waals surface area contributed by atoms with E-state index in [2.05, 4.69) is 58.1 Å². The number of carboxylic acids is 1. The lowest BCUT2D eigenvalue weighted by Gasteiger charge is -2.22. The van der Waals surface area contributed by atoms with E-state index in [1.54, 1.807) is 24.3 Å². The number of carbonyl (C=O) groups excluding carboxylic acids is 2. The number of carbonyl (C=O) groups is 3. The topological polar surface area (TPSA) is 142 Å². The van der Waals surface area contributed by atoms with Crippen molar-refractivity contribution in [1.29, 1.82) is 0 Å². The van der Waals surface area contributed by atoms with Crippen LogP contribution in [0, 0.1) is 0 Å². The monoisotopic (exact) mass is 563 g/mol. The molecule has 12 heteroatoms. The number of aliphatic carboxylic acids is 1. The number of aromatic nitrogens is 1. The summed E-state index contributed by atoms with van der Waals surface area (Å²) in [6, 6.07) is 6.76. The predicted octanol–water partition coefficient (Wildman–Crippen LogP) is -1.57. The van der Waals surface area contributed by atoms with Crippen molar-refractivity contribution >= 4 is 61.0 Å². The Labute approximate surface area is 195 Å². The van der Waals surface area contributed by atoms with Gasteiger partial charge in [0, 0.05) is 18.5 Å². The number of nitrogens with one attached hydrogen (secondary N) is 3. The number of hydrogen-bond acceptors (Lipinski definition) is 4. The lowest BCUT2D eigenvalue weighted by Crippen LogP contribution is -3.00. The molecule has 1 aliphatic rings. The SMILES string of the molecule is [Cl-].[NH3+][C@@H]1CCN(c2cc(C(=O)NCC(=O)O)ccc2NC(=O)c2cc(Br)c(Br)[nH]2)C1. The van der Waals surface area contributed by atoms with Crippen molar-refractivity contribution in [2.24, 2.45) is 0 Å². The fraction of sp³-hybridized carbons (Fsp3) is 0.278. The fourth-order valence-electron chi connectivity index (χ4n) is 3.07. The summed E-state index contributed by atoms with van der Waals surface area (Å²) in [4.78, 5) is 40.6. The maximum Gasteiger partial charge on any atom is 0.322 e. The Hall–Kier alpha value is -2.08. The van der Waals surface area contributed by atoms with Crippen LogP contribution in [-0.2, 0) is 4.79 Å². The van der Waals surface area contributed by atoms with Crippen LogP contribution < -0.4 is 33.7 Å². The Morgan fingerprint density at radius 3 is 2.53 bits per heavy atom. The predicted molar refractivity (Wildman–Crippen MR) is 114 cm³/mol. The molecule has 9 nitrogen and oxygen atoms in total. The van der Waals surface area contributed by atoms with Crippen molar-refractivity contribution in [1.82, 2.24) is 10.3 Å². The lowest BCUT2D eigenvalue weighted by molar-refractivity contribution is -0.412. The molecule has 0 aliphatic carbocycles. The maximum absolute atomic E-state index is 12.6. The van der Waals surface area contributed by atoms with E-state index in [0.29, 0.717) is 33.8 Å². The Balaban J connectivity index is 0.00000320. The van der Waals surface area contributed by atoms with Gasteiger partial charge in [0.05, 0.1) is 27.0 Å². The summed E-state index contributed by atoms with van der Waals surface area (Å²) in [6.45, 7) is 0.980. The van der Waals surface area contributed by atoms with Gasteiger partial charge >= 0.3 is 5.97 Å². The molecule has 3 rings (SSSR count). The molecule has 1 fully saturated rings. The van der Waals surface area contributed by atoms with Crippen molar-refractivity contribution in [2.75, 3.05) is 29.9 Å². The molecular formula is C18H20Br2ClN5O4. The molecule has 1 atom stereocenters. The van der Waals surface area contributed by atoms with Crippen LogP contribution in [0.5, 0.6) is 0 Å². The van der Waals surface area contributed by atoms with Crippen molar-refractivity contribution in [3.05, 3.63) is 44.6 Å². The number of anilines is 2. The van der Waals surface area contributed by atoms with Gasteiger partial charge in [-0.2, -0.15) is 0 Å². The molecule has 30 heavy (non-hydrogen) atoms. The number of rotatable bonds is 6. The van der Waals surface area contributed by atoms with E-state index < -0.39 is 18.4 Å². The van der Waals surface area contributed by atoms with Crippen molar-refractivity contribution in [3.8, 4) is 0 Å². The number of quaternary nitrogens is 1. The molecule has 0 saturated carbocycles. The highest BCUT2D eigenvalue weighted by Crippen LogP contribution is 2.31. The normalized spacial score (nSPS) is 15.4. The van der Waals surface area contributed by atoms with Gasteiger partial charge in [-0.05, 0) is 56.1 Å². The largest absolute Gasteiger partial charge is 1.00 e. The van der Waals surface area contributed by atoms with Crippen LogP contribution in [0.4, 0.5) is 11.4 Å². The zero-order valence-electron chi connectivity index (χ0n) is 15.7. The third-order valence-corrected chi connectivity index (χ3v) is 6.29. The van der Waals surface area contributed by atoms with Gasteiger partial charge in [-0.3, -0.25) is 14.4 Å². The molecule has 162 valence electrons. The first-order valence-corrected chi connectivity index (χ1v) is 10.4. The van der Waals surface area contributed by atoms with Crippen molar-refractivity contribution < 1.29 is 37.6 Å². The minimum atomic E-state index is -1.12. The van der Waals surface area contributed by atoms with E-state index in [9.17, 15) is 14.4 Å². The summed E-state index contributed by atoms with van der Waals surface area (Å²) < 4.78 is 1.39. The van der Waals surface area contributed by atoms with E-state index in [1.165, 1.54) is 0 Å². The number of H-pyrrole nitrogens is 1. The minimum Gasteiger partial charge on any atom is -1.00 e. The molecule has 1 aromatic heterocycles. The minimum absolute atomic E-state index is 0. The summed E-state index contributed by atoms with van der Waals surface area (Å²) in [5.41, 5.74) is 6.02. The van der Waals surface area contributed by atoms with Crippen LogP contribution in [0.15, 0.2) is 33.3 Å². The van der Waals surface area contributed by atoms with Crippen LogP contribution in [0.2, 0.25) is 0 Å². The van der Waals surface area contributed by atoms with E-state index in [0.717, 1.165) is 17.4 Å². The van der Waals surface area contributed by atoms with Crippen LogP contribution in [0.1, 0.15) is 27.3 Å². The van der Waals surface area contributed by atoms with E-state index in [1.807, 2.05) is 0 Å². The molecule has 0 spiro atoms. The number of hydrogen-bond donors (Lipinski definition) is 5. The summed E-state index contributed by atoms with van der Waals surface area (Å²) in [7, 11) is 0. The third kappa shape index (κ3) is 5.75. The zero-order chi connectivity index (χ0) is 21.1. The second-order valence-corrected chi connectivity index (χ2v) is 8.36. The first-order valence-electron chi connectivity index (χ1n) is 8.82. The molecule has 2 amide bonds. The van der Waals surface area contributed by atoms with Gasteiger partial charge in [0.15, 0.2) is 0 Å². The molecule has 1 aromatic carbocycles. The molecule has 0 unspecified atom stereocenters. The first-order chi connectivity index (χ1) is 13.7. The van der Waals surface area contributed by atoms with Crippen LogP contribution in [0.25, 0.3) is 0 Å². The first kappa shape index (κ1) is 24.2. The summed E-state index contributed by atoms with van der Waals surface area (Å²) in [6.07, 6.45) is 0.902. The third-order valence-electron chi connectivity index (χ3n) is 4.50. The van der Waals surface area contributed by atoms with Gasteiger partial charge in [0.2, 0.25) is 0 Å². The number of benzene rings is 1. The summed E-state index contributed by atoms with van der Waals surface area (Å²) in [5.74, 6) is -1.94.